The zero-order valence-electron chi connectivity index (χ0n) is 64.9. The highest BCUT2D eigenvalue weighted by molar-refractivity contribution is 6.15. The highest BCUT2D eigenvalue weighted by Crippen LogP contribution is 2.65. The van der Waals surface area contributed by atoms with Crippen molar-refractivity contribution in [3.8, 4) is 44.8 Å². The summed E-state index contributed by atoms with van der Waals surface area (Å²) in [5.74, 6) is 0. The second-order valence-electron chi connectivity index (χ2n) is 33.4. The number of nitrogens with zero attached hydrogens (tertiary/aromatic N) is 4. The van der Waals surface area contributed by atoms with Crippen LogP contribution in [0.3, 0.4) is 0 Å². The van der Waals surface area contributed by atoms with Crippen LogP contribution in [0.5, 0.6) is 0 Å². The monoisotopic (exact) mass is 1480 g/mol. The van der Waals surface area contributed by atoms with Crippen LogP contribution in [0.15, 0.2) is 400 Å². The van der Waals surface area contributed by atoms with Gasteiger partial charge in [0.15, 0.2) is 0 Å². The lowest BCUT2D eigenvalue weighted by Crippen LogP contribution is -2.33. The van der Waals surface area contributed by atoms with Gasteiger partial charge in [0.2, 0.25) is 0 Å². The number of hydrogen-bond donors (Lipinski definition) is 0. The van der Waals surface area contributed by atoms with E-state index in [1.807, 2.05) is 0 Å². The van der Waals surface area contributed by atoms with E-state index < -0.39 is 16.2 Å². The summed E-state index contributed by atoms with van der Waals surface area (Å²) >= 11 is 0. The summed E-state index contributed by atoms with van der Waals surface area (Å²) in [6.07, 6.45) is 0. The van der Waals surface area contributed by atoms with Crippen LogP contribution in [0.2, 0.25) is 0 Å². The molecule has 0 saturated carbocycles. The summed E-state index contributed by atoms with van der Waals surface area (Å²) in [5, 5.41) is 9.82. The van der Waals surface area contributed by atoms with Crippen LogP contribution in [0.25, 0.3) is 110 Å². The van der Waals surface area contributed by atoms with Crippen molar-refractivity contribution in [1.29, 1.82) is 0 Å². The number of aromatic nitrogens is 2. The van der Waals surface area contributed by atoms with Crippen LogP contribution in [-0.2, 0) is 21.7 Å². The lowest BCUT2D eigenvalue weighted by atomic mass is 9.65. The van der Waals surface area contributed by atoms with Crippen LogP contribution in [0, 0.1) is 0 Å². The minimum absolute atomic E-state index is 0.241. The minimum Gasteiger partial charge on any atom is -0.310 e. The largest absolute Gasteiger partial charge is 0.310 e. The first-order valence-electron chi connectivity index (χ1n) is 40.8. The van der Waals surface area contributed by atoms with Crippen molar-refractivity contribution in [3.63, 3.8) is 0 Å². The van der Waals surface area contributed by atoms with Crippen molar-refractivity contribution < 1.29 is 0 Å². The zero-order chi connectivity index (χ0) is 76.9. The summed E-state index contributed by atoms with van der Waals surface area (Å²) in [5.41, 5.74) is 34.8. The summed E-state index contributed by atoms with van der Waals surface area (Å²) in [6.45, 7) is 9.51. The lowest BCUT2D eigenvalue weighted by Gasteiger charge is -2.40. The van der Waals surface area contributed by atoms with Gasteiger partial charge in [0.05, 0.1) is 55.6 Å². The molecule has 2 aromatic heterocycles. The quantitative estimate of drug-likeness (QED) is 0.128. The fraction of sp³-hybridized carbons (Fsp3) is 0.0714. The van der Waals surface area contributed by atoms with Crippen LogP contribution in [-0.4, -0.2) is 9.13 Å². The Hall–Kier alpha value is -14.3. The number of benzene rings is 18. The zero-order valence-corrected chi connectivity index (χ0v) is 64.9. The van der Waals surface area contributed by atoms with Crippen molar-refractivity contribution in [2.45, 2.75) is 49.4 Å². The molecule has 20 aromatic rings. The predicted molar refractivity (Wildman–Crippen MR) is 484 cm³/mol. The summed E-state index contributed by atoms with van der Waals surface area (Å²) < 4.78 is 5.09. The topological polar surface area (TPSA) is 16.3 Å². The van der Waals surface area contributed by atoms with Crippen molar-refractivity contribution in [2.24, 2.45) is 0 Å². The van der Waals surface area contributed by atoms with Gasteiger partial charge >= 0.3 is 0 Å². The second kappa shape index (κ2) is 24.6. The molecule has 546 valence electrons. The Morgan fingerprint density at radius 2 is 0.638 bits per heavy atom. The smallest absolute Gasteiger partial charge is 0.0755 e. The highest BCUT2D eigenvalue weighted by atomic mass is 15.2. The van der Waals surface area contributed by atoms with E-state index in [9.17, 15) is 0 Å². The Bertz CT molecular complexity index is 7540. The molecule has 0 saturated heterocycles. The molecule has 2 unspecified atom stereocenters. The maximum absolute atomic E-state index is 2.56. The lowest BCUT2D eigenvalue weighted by molar-refractivity contribution is 0.642. The van der Waals surface area contributed by atoms with Crippen LogP contribution < -0.4 is 9.80 Å². The van der Waals surface area contributed by atoms with Gasteiger partial charge in [0.1, 0.15) is 0 Å². The van der Waals surface area contributed by atoms with Gasteiger partial charge in [-0.1, -0.05) is 331 Å². The molecule has 18 aromatic carbocycles. The molecule has 0 N–H and O–H groups in total. The van der Waals surface area contributed by atoms with Crippen molar-refractivity contribution in [1.82, 2.24) is 9.13 Å². The van der Waals surface area contributed by atoms with E-state index in [-0.39, 0.29) is 5.41 Å². The fourth-order valence-electron chi connectivity index (χ4n) is 21.6. The first kappa shape index (κ1) is 66.3. The maximum Gasteiger partial charge on any atom is 0.0755 e. The normalized spacial score (nSPS) is 15.3. The molecule has 2 aliphatic heterocycles. The van der Waals surface area contributed by atoms with E-state index in [1.54, 1.807) is 0 Å². The highest BCUT2D eigenvalue weighted by Gasteiger charge is 2.53. The molecular formula is C112H78N4. The number of para-hydroxylation sites is 8. The number of hydrogen-bond acceptors (Lipinski definition) is 2. The van der Waals surface area contributed by atoms with E-state index in [4.69, 9.17) is 0 Å². The molecule has 4 nitrogen and oxygen atoms in total. The Labute approximate surface area is 675 Å². The Morgan fingerprint density at radius 1 is 0.224 bits per heavy atom. The van der Waals surface area contributed by atoms with Crippen LogP contribution >= 0.6 is 0 Å². The first-order valence-corrected chi connectivity index (χ1v) is 40.8. The molecule has 2 atom stereocenters. The third-order valence-electron chi connectivity index (χ3n) is 27.0. The summed E-state index contributed by atoms with van der Waals surface area (Å²) in [4.78, 5) is 5.01. The van der Waals surface area contributed by atoms with E-state index in [0.29, 0.717) is 0 Å². The average Bonchev–Trinajstić information content (AvgIpc) is 1.49. The van der Waals surface area contributed by atoms with Gasteiger partial charge in [0.25, 0.3) is 0 Å². The molecule has 0 radical (unpaired) electrons. The van der Waals surface area contributed by atoms with E-state index >= 15 is 0 Å². The third-order valence-corrected chi connectivity index (χ3v) is 27.0. The molecule has 4 aliphatic rings. The molecule has 4 heteroatoms. The predicted octanol–water partition coefficient (Wildman–Crippen LogP) is 28.8. The average molecular weight is 1480 g/mol. The first-order chi connectivity index (χ1) is 57.1. The molecule has 0 bridgehead atoms. The Kier molecular flexibility index (Phi) is 14.1. The molecular weight excluding hydrogens is 1400 g/mol. The van der Waals surface area contributed by atoms with Gasteiger partial charge in [-0.2, -0.15) is 0 Å². The minimum atomic E-state index is -0.739. The fourth-order valence-corrected chi connectivity index (χ4v) is 21.6. The number of anilines is 6. The van der Waals surface area contributed by atoms with Gasteiger partial charge in [-0.3, -0.25) is 0 Å². The second-order valence-corrected chi connectivity index (χ2v) is 33.4. The molecule has 0 amide bonds. The van der Waals surface area contributed by atoms with Gasteiger partial charge in [-0.15, -0.1) is 0 Å². The van der Waals surface area contributed by atoms with E-state index in [2.05, 4.69) is 447 Å². The Morgan fingerprint density at radius 3 is 1.25 bits per heavy atom. The molecule has 2 aliphatic carbocycles. The van der Waals surface area contributed by atoms with Crippen molar-refractivity contribution in [3.05, 3.63) is 467 Å². The standard InChI is InChI=1S/C112H78N4/c1-109(2,75-32-8-5-9-33-75)78-57-55-71-29-25-54-104(92(71)68-78)114(80-37-12-7-13-38-80)82-60-64-87-85-61-56-73(67-98(85)112(100(87)70-82)95-46-19-23-52-106(95)116-103-50-21-16-41-89(103)91-43-28-48-97(112)108(91)116)72-30-24-34-76(65-72)110(3,4)77-58-62-83-74(66-77)31-26-53-101(83)113(79-35-10-6-11-36-79)81-59-63-86-84-39-14-17-44-93(84)111(99(86)69-81)94-45-18-22-51-105(94)115-102-49-20-15-40-88(102)90-42-27-47-96(111)107(90)115/h5-70H,1-4H3. The summed E-state index contributed by atoms with van der Waals surface area (Å²) in [6, 6.07) is 152. The Balaban J connectivity index is 0.639. The third kappa shape index (κ3) is 9.04. The van der Waals surface area contributed by atoms with Gasteiger partial charge in [-0.05, 0) is 208 Å². The van der Waals surface area contributed by atoms with E-state index in [0.717, 1.165) is 34.1 Å². The molecule has 0 fully saturated rings. The maximum atomic E-state index is 2.56. The molecule has 2 spiro atoms. The SMILES string of the molecule is CC(C)(c1cccc(-c2ccc3c(c2)C2(c4cc(N(c5ccccc5)c5cccc6ccc(C(C)(C)c7ccccc7)cc56)ccc4-3)c3ccccc3-n3c4ccccc4c4cccc2c43)c1)c1ccc2c(N(c3ccccc3)c3ccc4c(c3)C3(c5ccccc5-4)c4ccccc4-n4c5ccccc5c5cccc3c54)cccc2c1. The molecule has 4 heterocycles. The van der Waals surface area contributed by atoms with Crippen LogP contribution in [0.1, 0.15) is 94.5 Å². The molecule has 116 heavy (non-hydrogen) atoms. The van der Waals surface area contributed by atoms with E-state index in [1.165, 1.54) is 177 Å². The molecule has 24 rings (SSSR count). The van der Waals surface area contributed by atoms with Gasteiger partial charge in [-0.25, -0.2) is 0 Å². The van der Waals surface area contributed by atoms with Gasteiger partial charge < -0.3 is 18.9 Å². The number of rotatable bonds is 11. The number of fused-ring (bicyclic) bond motifs is 26. The van der Waals surface area contributed by atoms with Gasteiger partial charge in [0, 0.05) is 65.9 Å². The summed E-state index contributed by atoms with van der Waals surface area (Å²) in [7, 11) is 0. The van der Waals surface area contributed by atoms with Crippen molar-refractivity contribution >= 4 is 99.3 Å². The van der Waals surface area contributed by atoms with Crippen molar-refractivity contribution in [2.75, 3.05) is 9.80 Å². The van der Waals surface area contributed by atoms with Crippen LogP contribution in [0.4, 0.5) is 34.1 Å².